The Balaban J connectivity index is 1.62. The van der Waals surface area contributed by atoms with Crippen molar-refractivity contribution in [3.8, 4) is 0 Å². The van der Waals surface area contributed by atoms with Crippen molar-refractivity contribution in [1.29, 1.82) is 0 Å². The van der Waals surface area contributed by atoms with Crippen molar-refractivity contribution in [3.05, 3.63) is 11.6 Å². The summed E-state index contributed by atoms with van der Waals surface area (Å²) < 4.78 is 0. The number of hydrogen-bond acceptors (Lipinski definition) is 3. The van der Waals surface area contributed by atoms with Crippen LogP contribution in [0.1, 0.15) is 39.5 Å². The predicted octanol–water partition coefficient (Wildman–Crippen LogP) is 1.63. The Morgan fingerprint density at radius 3 is 2.40 bits per heavy atom. The molecule has 1 amide bonds. The van der Waals surface area contributed by atoms with Gasteiger partial charge in [0, 0.05) is 25.7 Å². The zero-order valence-corrected chi connectivity index (χ0v) is 13.0. The van der Waals surface area contributed by atoms with Crippen molar-refractivity contribution in [2.24, 2.45) is 0 Å². The smallest absolute Gasteiger partial charge is 0.236 e. The lowest BCUT2D eigenvalue weighted by molar-refractivity contribution is -0.129. The average molecular weight is 279 g/mol. The van der Waals surface area contributed by atoms with Crippen LogP contribution in [0, 0.1) is 0 Å². The monoisotopic (exact) mass is 279 g/mol. The predicted molar refractivity (Wildman–Crippen MR) is 82.7 cm³/mol. The van der Waals surface area contributed by atoms with E-state index in [0.29, 0.717) is 12.6 Å². The van der Waals surface area contributed by atoms with E-state index in [1.807, 2.05) is 4.90 Å². The SMILES string of the molecule is CC(C)=CCN1CCC(NCC(=O)N2CCCC2)CC1. The minimum atomic E-state index is 0.287. The number of carbonyl (C=O) groups excluding carboxylic acids is 1. The number of rotatable bonds is 5. The minimum absolute atomic E-state index is 0.287. The van der Waals surface area contributed by atoms with Gasteiger partial charge < -0.3 is 10.2 Å². The zero-order chi connectivity index (χ0) is 14.4. The molecule has 2 heterocycles. The molecular weight excluding hydrogens is 250 g/mol. The number of allylic oxidation sites excluding steroid dienone is 1. The Morgan fingerprint density at radius 2 is 1.80 bits per heavy atom. The van der Waals surface area contributed by atoms with Crippen LogP contribution in [0.4, 0.5) is 0 Å². The van der Waals surface area contributed by atoms with Gasteiger partial charge in [-0.15, -0.1) is 0 Å². The van der Waals surface area contributed by atoms with Gasteiger partial charge in [0.25, 0.3) is 0 Å². The van der Waals surface area contributed by atoms with Crippen LogP contribution in [-0.4, -0.2) is 61.0 Å². The van der Waals surface area contributed by atoms with E-state index >= 15 is 0 Å². The lowest BCUT2D eigenvalue weighted by Gasteiger charge is -2.32. The maximum Gasteiger partial charge on any atom is 0.236 e. The van der Waals surface area contributed by atoms with Crippen molar-refractivity contribution in [2.45, 2.75) is 45.6 Å². The number of likely N-dealkylation sites (tertiary alicyclic amines) is 2. The molecule has 2 saturated heterocycles. The summed E-state index contributed by atoms with van der Waals surface area (Å²) in [7, 11) is 0. The number of hydrogen-bond donors (Lipinski definition) is 1. The molecule has 0 radical (unpaired) electrons. The molecule has 4 nitrogen and oxygen atoms in total. The molecule has 2 rings (SSSR count). The first-order chi connectivity index (χ1) is 9.65. The third-order valence-corrected chi connectivity index (χ3v) is 4.35. The van der Waals surface area contributed by atoms with Gasteiger partial charge in [-0.25, -0.2) is 0 Å². The van der Waals surface area contributed by atoms with Crippen LogP contribution in [0.3, 0.4) is 0 Å². The van der Waals surface area contributed by atoms with Gasteiger partial charge in [0.1, 0.15) is 0 Å². The molecule has 114 valence electrons. The van der Waals surface area contributed by atoms with Gasteiger partial charge in [-0.1, -0.05) is 11.6 Å². The molecule has 4 heteroatoms. The fourth-order valence-corrected chi connectivity index (χ4v) is 2.94. The van der Waals surface area contributed by atoms with Crippen molar-refractivity contribution < 1.29 is 4.79 Å². The van der Waals surface area contributed by atoms with Crippen molar-refractivity contribution in [1.82, 2.24) is 15.1 Å². The second-order valence-electron chi connectivity index (χ2n) is 6.33. The lowest BCUT2D eigenvalue weighted by Crippen LogP contribution is -2.46. The molecular formula is C16H29N3O. The molecule has 2 aliphatic rings. The number of amides is 1. The standard InChI is InChI=1S/C16H29N3O/c1-14(2)5-10-18-11-6-15(7-12-18)17-13-16(20)19-8-3-4-9-19/h5,15,17H,3-4,6-13H2,1-2H3. The van der Waals surface area contributed by atoms with Gasteiger partial charge in [0.15, 0.2) is 0 Å². The zero-order valence-electron chi connectivity index (χ0n) is 13.0. The highest BCUT2D eigenvalue weighted by atomic mass is 16.2. The summed E-state index contributed by atoms with van der Waals surface area (Å²) in [6, 6.07) is 0.518. The number of piperidine rings is 1. The second kappa shape index (κ2) is 7.79. The summed E-state index contributed by atoms with van der Waals surface area (Å²) in [6.45, 7) is 10.1. The van der Waals surface area contributed by atoms with Crippen molar-refractivity contribution >= 4 is 5.91 Å². The summed E-state index contributed by atoms with van der Waals surface area (Å²) in [6.07, 6.45) is 6.96. The van der Waals surface area contributed by atoms with Crippen LogP contribution in [-0.2, 0) is 4.79 Å². The lowest BCUT2D eigenvalue weighted by atomic mass is 10.0. The molecule has 0 unspecified atom stereocenters. The van der Waals surface area contributed by atoms with Crippen LogP contribution in [0.15, 0.2) is 11.6 Å². The highest BCUT2D eigenvalue weighted by Crippen LogP contribution is 2.11. The van der Waals surface area contributed by atoms with E-state index in [9.17, 15) is 4.79 Å². The van der Waals surface area contributed by atoms with Crippen LogP contribution >= 0.6 is 0 Å². The van der Waals surface area contributed by atoms with Crippen LogP contribution in [0.2, 0.25) is 0 Å². The van der Waals surface area contributed by atoms with E-state index in [1.165, 1.54) is 18.4 Å². The van der Waals surface area contributed by atoms with E-state index < -0.39 is 0 Å². The van der Waals surface area contributed by atoms with E-state index in [0.717, 1.165) is 45.6 Å². The minimum Gasteiger partial charge on any atom is -0.342 e. The normalized spacial score (nSPS) is 21.2. The molecule has 2 fully saturated rings. The third-order valence-electron chi connectivity index (χ3n) is 4.35. The first-order valence-electron chi connectivity index (χ1n) is 8.02. The van der Waals surface area contributed by atoms with Gasteiger partial charge in [0.2, 0.25) is 5.91 Å². The Labute approximate surface area is 123 Å². The number of nitrogens with one attached hydrogen (secondary N) is 1. The van der Waals surface area contributed by atoms with E-state index in [1.54, 1.807) is 0 Å². The van der Waals surface area contributed by atoms with Gasteiger partial charge in [-0.05, 0) is 52.6 Å². The van der Waals surface area contributed by atoms with Crippen molar-refractivity contribution in [2.75, 3.05) is 39.3 Å². The highest BCUT2D eigenvalue weighted by Gasteiger charge is 2.21. The Morgan fingerprint density at radius 1 is 1.15 bits per heavy atom. The van der Waals surface area contributed by atoms with Gasteiger partial charge in [-0.3, -0.25) is 9.69 Å². The maximum absolute atomic E-state index is 12.0. The van der Waals surface area contributed by atoms with E-state index in [4.69, 9.17) is 0 Å². The first kappa shape index (κ1) is 15.5. The number of carbonyl (C=O) groups is 1. The number of nitrogens with zero attached hydrogens (tertiary/aromatic N) is 2. The van der Waals surface area contributed by atoms with Gasteiger partial charge >= 0.3 is 0 Å². The molecule has 0 aromatic heterocycles. The highest BCUT2D eigenvalue weighted by molar-refractivity contribution is 5.78. The quantitative estimate of drug-likeness (QED) is 0.777. The molecule has 0 saturated carbocycles. The van der Waals surface area contributed by atoms with Crippen LogP contribution < -0.4 is 5.32 Å². The first-order valence-corrected chi connectivity index (χ1v) is 8.02. The fraction of sp³-hybridized carbons (Fsp3) is 0.812. The fourth-order valence-electron chi connectivity index (χ4n) is 2.94. The molecule has 0 spiro atoms. The summed E-state index contributed by atoms with van der Waals surface area (Å²) in [5.41, 5.74) is 1.39. The second-order valence-corrected chi connectivity index (χ2v) is 6.33. The molecule has 0 atom stereocenters. The molecule has 0 aromatic carbocycles. The molecule has 0 bridgehead atoms. The Hall–Kier alpha value is -0.870. The molecule has 2 aliphatic heterocycles. The summed E-state index contributed by atoms with van der Waals surface area (Å²) in [4.78, 5) is 16.5. The average Bonchev–Trinajstić information content (AvgIpc) is 2.98. The summed E-state index contributed by atoms with van der Waals surface area (Å²) in [5, 5.41) is 3.45. The Bertz CT molecular complexity index is 336. The van der Waals surface area contributed by atoms with E-state index in [2.05, 4.69) is 30.1 Å². The van der Waals surface area contributed by atoms with Crippen molar-refractivity contribution in [3.63, 3.8) is 0 Å². The molecule has 0 aromatic rings. The maximum atomic E-state index is 12.0. The van der Waals surface area contributed by atoms with Gasteiger partial charge in [-0.2, -0.15) is 0 Å². The molecule has 1 N–H and O–H groups in total. The summed E-state index contributed by atoms with van der Waals surface area (Å²) in [5.74, 6) is 0.287. The summed E-state index contributed by atoms with van der Waals surface area (Å²) >= 11 is 0. The van der Waals surface area contributed by atoms with E-state index in [-0.39, 0.29) is 5.91 Å². The Kier molecular flexibility index (Phi) is 6.05. The third kappa shape index (κ3) is 4.91. The van der Waals surface area contributed by atoms with Gasteiger partial charge in [0.05, 0.1) is 6.54 Å². The van der Waals surface area contributed by atoms with Crippen LogP contribution in [0.25, 0.3) is 0 Å². The molecule has 0 aliphatic carbocycles. The largest absolute Gasteiger partial charge is 0.342 e. The topological polar surface area (TPSA) is 35.6 Å². The molecule has 20 heavy (non-hydrogen) atoms. The van der Waals surface area contributed by atoms with Crippen LogP contribution in [0.5, 0.6) is 0 Å².